The fourth-order valence-corrected chi connectivity index (χ4v) is 2.59. The lowest BCUT2D eigenvalue weighted by Crippen LogP contribution is -2.18. The number of thiazole rings is 1. The van der Waals surface area contributed by atoms with Crippen LogP contribution in [0.5, 0.6) is 0 Å². The van der Waals surface area contributed by atoms with Crippen molar-refractivity contribution in [1.82, 2.24) is 14.9 Å². The monoisotopic (exact) mass is 247 g/mol. The minimum Gasteiger partial charge on any atom is -0.295 e. The maximum absolute atomic E-state index is 4.48. The van der Waals surface area contributed by atoms with Crippen LogP contribution in [0.25, 0.3) is 0 Å². The van der Waals surface area contributed by atoms with Crippen LogP contribution in [0.1, 0.15) is 22.0 Å². The second-order valence-electron chi connectivity index (χ2n) is 4.30. The molecular formula is C13H17N3S. The first-order valence-electron chi connectivity index (χ1n) is 5.65. The maximum atomic E-state index is 4.48. The first kappa shape index (κ1) is 12.2. The van der Waals surface area contributed by atoms with Crippen molar-refractivity contribution in [2.24, 2.45) is 0 Å². The van der Waals surface area contributed by atoms with Gasteiger partial charge in [0.15, 0.2) is 0 Å². The summed E-state index contributed by atoms with van der Waals surface area (Å²) in [7, 11) is 2.11. The van der Waals surface area contributed by atoms with Gasteiger partial charge in [-0.15, -0.1) is 11.3 Å². The van der Waals surface area contributed by atoms with Crippen molar-refractivity contribution in [3.63, 3.8) is 0 Å². The molecule has 17 heavy (non-hydrogen) atoms. The van der Waals surface area contributed by atoms with Crippen LogP contribution in [0.15, 0.2) is 23.7 Å². The summed E-state index contributed by atoms with van der Waals surface area (Å²) in [4.78, 5) is 11.0. The van der Waals surface area contributed by atoms with Gasteiger partial charge in [0.25, 0.3) is 0 Å². The van der Waals surface area contributed by atoms with Gasteiger partial charge < -0.3 is 0 Å². The van der Waals surface area contributed by atoms with Crippen LogP contribution in [0.3, 0.4) is 0 Å². The van der Waals surface area contributed by atoms with Gasteiger partial charge in [-0.3, -0.25) is 9.88 Å². The molecule has 0 N–H and O–H groups in total. The standard InChI is InChI=1S/C13H17N3S/c1-10-9-17-13(15-10)8-16(3)7-12-5-4-6-14-11(12)2/h4-6,9H,7-8H2,1-3H3. The van der Waals surface area contributed by atoms with Gasteiger partial charge in [-0.2, -0.15) is 0 Å². The lowest BCUT2D eigenvalue weighted by molar-refractivity contribution is 0.317. The molecule has 0 aliphatic rings. The van der Waals surface area contributed by atoms with Gasteiger partial charge in [0.05, 0.1) is 6.54 Å². The molecule has 90 valence electrons. The highest BCUT2D eigenvalue weighted by Crippen LogP contribution is 2.13. The highest BCUT2D eigenvalue weighted by atomic mass is 32.1. The van der Waals surface area contributed by atoms with E-state index in [1.54, 1.807) is 11.3 Å². The zero-order valence-electron chi connectivity index (χ0n) is 10.5. The minimum absolute atomic E-state index is 0.896. The van der Waals surface area contributed by atoms with Crippen molar-refractivity contribution >= 4 is 11.3 Å². The van der Waals surface area contributed by atoms with Gasteiger partial charge in [0, 0.05) is 29.5 Å². The quantitative estimate of drug-likeness (QED) is 0.832. The molecule has 2 rings (SSSR count). The summed E-state index contributed by atoms with van der Waals surface area (Å²) in [5, 5.41) is 3.27. The molecule has 2 aromatic rings. The third kappa shape index (κ3) is 3.35. The predicted octanol–water partition coefficient (Wildman–Crippen LogP) is 2.79. The summed E-state index contributed by atoms with van der Waals surface area (Å²) in [5.74, 6) is 0. The number of pyridine rings is 1. The third-order valence-electron chi connectivity index (χ3n) is 2.63. The van der Waals surface area contributed by atoms with E-state index in [4.69, 9.17) is 0 Å². The number of aromatic nitrogens is 2. The van der Waals surface area contributed by atoms with Gasteiger partial charge >= 0.3 is 0 Å². The number of aryl methyl sites for hydroxylation is 2. The van der Waals surface area contributed by atoms with Crippen molar-refractivity contribution in [2.45, 2.75) is 26.9 Å². The molecule has 3 nitrogen and oxygen atoms in total. The van der Waals surface area contributed by atoms with E-state index in [9.17, 15) is 0 Å². The Bertz CT molecular complexity index is 493. The first-order chi connectivity index (χ1) is 8.15. The Hall–Kier alpha value is -1.26. The molecule has 0 fully saturated rings. The van der Waals surface area contributed by atoms with E-state index in [1.165, 1.54) is 10.6 Å². The second-order valence-corrected chi connectivity index (χ2v) is 5.25. The molecular weight excluding hydrogens is 230 g/mol. The fraction of sp³-hybridized carbons (Fsp3) is 0.385. The Morgan fingerprint density at radius 2 is 2.12 bits per heavy atom. The van der Waals surface area contributed by atoms with E-state index >= 15 is 0 Å². The van der Waals surface area contributed by atoms with E-state index in [0.29, 0.717) is 0 Å². The molecule has 0 amide bonds. The van der Waals surface area contributed by atoms with Crippen molar-refractivity contribution < 1.29 is 0 Å². The molecule has 0 saturated heterocycles. The molecule has 0 atom stereocenters. The molecule has 2 aromatic heterocycles. The molecule has 0 radical (unpaired) electrons. The van der Waals surface area contributed by atoms with Crippen molar-refractivity contribution in [2.75, 3.05) is 7.05 Å². The van der Waals surface area contributed by atoms with Crippen molar-refractivity contribution in [1.29, 1.82) is 0 Å². The van der Waals surface area contributed by atoms with Crippen LogP contribution in [0.2, 0.25) is 0 Å². The molecule has 2 heterocycles. The second kappa shape index (κ2) is 5.38. The summed E-state index contributed by atoms with van der Waals surface area (Å²) in [6.45, 7) is 5.90. The lowest BCUT2D eigenvalue weighted by atomic mass is 10.2. The molecule has 0 aliphatic carbocycles. The van der Waals surface area contributed by atoms with Crippen molar-refractivity contribution in [3.8, 4) is 0 Å². The Kier molecular flexibility index (Phi) is 3.86. The smallest absolute Gasteiger partial charge is 0.107 e. The average molecular weight is 247 g/mol. The number of hydrogen-bond donors (Lipinski definition) is 0. The summed E-state index contributed by atoms with van der Waals surface area (Å²) in [6.07, 6.45) is 1.84. The van der Waals surface area contributed by atoms with E-state index in [1.807, 2.05) is 19.2 Å². The SMILES string of the molecule is Cc1csc(CN(C)Cc2cccnc2C)n1. The average Bonchev–Trinajstić information content (AvgIpc) is 2.67. The van der Waals surface area contributed by atoms with E-state index in [-0.39, 0.29) is 0 Å². The van der Waals surface area contributed by atoms with Crippen LogP contribution in [0.4, 0.5) is 0 Å². The van der Waals surface area contributed by atoms with Gasteiger partial charge in [-0.25, -0.2) is 4.98 Å². The zero-order chi connectivity index (χ0) is 12.3. The minimum atomic E-state index is 0.896. The topological polar surface area (TPSA) is 29.0 Å². The Balaban J connectivity index is 1.98. The molecule has 4 heteroatoms. The lowest BCUT2D eigenvalue weighted by Gasteiger charge is -2.16. The van der Waals surface area contributed by atoms with Crippen molar-refractivity contribution in [3.05, 3.63) is 45.7 Å². The van der Waals surface area contributed by atoms with Gasteiger partial charge in [-0.05, 0) is 32.5 Å². The molecule has 0 saturated carbocycles. The normalized spacial score (nSPS) is 11.1. The summed E-state index contributed by atoms with van der Waals surface area (Å²) in [5.41, 5.74) is 3.49. The number of nitrogens with zero attached hydrogens (tertiary/aromatic N) is 3. The van der Waals surface area contributed by atoms with Gasteiger partial charge in [-0.1, -0.05) is 6.07 Å². The highest BCUT2D eigenvalue weighted by molar-refractivity contribution is 7.09. The Morgan fingerprint density at radius 1 is 1.29 bits per heavy atom. The van der Waals surface area contributed by atoms with Crippen LogP contribution in [0, 0.1) is 13.8 Å². The zero-order valence-corrected chi connectivity index (χ0v) is 11.3. The Labute approximate surface area is 106 Å². The molecule has 0 bridgehead atoms. The van der Waals surface area contributed by atoms with Gasteiger partial charge in [0.1, 0.15) is 5.01 Å². The largest absolute Gasteiger partial charge is 0.295 e. The van der Waals surface area contributed by atoms with Crippen LogP contribution >= 0.6 is 11.3 Å². The van der Waals surface area contributed by atoms with Crippen LogP contribution in [-0.2, 0) is 13.1 Å². The number of rotatable bonds is 4. The summed E-state index contributed by atoms with van der Waals surface area (Å²) < 4.78 is 0. The van der Waals surface area contributed by atoms with Crippen LogP contribution in [-0.4, -0.2) is 21.9 Å². The predicted molar refractivity (Wildman–Crippen MR) is 71.0 cm³/mol. The first-order valence-corrected chi connectivity index (χ1v) is 6.53. The van der Waals surface area contributed by atoms with E-state index in [0.717, 1.165) is 24.5 Å². The summed E-state index contributed by atoms with van der Waals surface area (Å²) >= 11 is 1.72. The van der Waals surface area contributed by atoms with E-state index in [2.05, 4.69) is 40.3 Å². The van der Waals surface area contributed by atoms with Crippen LogP contribution < -0.4 is 0 Å². The molecule has 0 aliphatic heterocycles. The van der Waals surface area contributed by atoms with Gasteiger partial charge in [0.2, 0.25) is 0 Å². The fourth-order valence-electron chi connectivity index (χ4n) is 1.74. The maximum Gasteiger partial charge on any atom is 0.107 e. The van der Waals surface area contributed by atoms with E-state index < -0.39 is 0 Å². The Morgan fingerprint density at radius 3 is 2.76 bits per heavy atom. The molecule has 0 aromatic carbocycles. The molecule has 0 spiro atoms. The summed E-state index contributed by atoms with van der Waals surface area (Å²) in [6, 6.07) is 4.12. The third-order valence-corrected chi connectivity index (χ3v) is 3.58. The number of hydrogen-bond acceptors (Lipinski definition) is 4. The highest BCUT2D eigenvalue weighted by Gasteiger charge is 2.06. The molecule has 0 unspecified atom stereocenters.